The maximum atomic E-state index is 13.3. The molecule has 0 saturated heterocycles. The van der Waals surface area contributed by atoms with Gasteiger partial charge >= 0.3 is 6.18 Å². The molecule has 0 fully saturated rings. The zero-order chi connectivity index (χ0) is 27.1. The highest BCUT2D eigenvalue weighted by molar-refractivity contribution is 5.98. The molecule has 0 aliphatic carbocycles. The van der Waals surface area contributed by atoms with Gasteiger partial charge in [-0.05, 0) is 31.2 Å². The Morgan fingerprint density at radius 1 is 1.16 bits per heavy atom. The number of rotatable bonds is 6. The fourth-order valence-corrected chi connectivity index (χ4v) is 3.62. The van der Waals surface area contributed by atoms with Crippen LogP contribution < -0.4 is 15.8 Å². The fourth-order valence-electron chi connectivity index (χ4n) is 3.62. The number of amides is 1. The van der Waals surface area contributed by atoms with Crippen LogP contribution in [-0.2, 0) is 18.1 Å². The number of fused-ring (bicyclic) bond motifs is 1. The van der Waals surface area contributed by atoms with E-state index in [2.05, 4.69) is 20.4 Å². The summed E-state index contributed by atoms with van der Waals surface area (Å²) < 4.78 is 56.2. The molecule has 12 heteroatoms. The number of hydrogen-bond donors (Lipinski definition) is 2. The van der Waals surface area contributed by atoms with Crippen LogP contribution >= 0.6 is 0 Å². The first-order chi connectivity index (χ1) is 17.3. The molecule has 1 atom stereocenters. The standard InChI is InChI=1S/C25H26F3N5O4/c1-12(29)21-20(22(34)30-11-13-10-18(37-33-13)24(2,3)4)32-23(36-21)15-6-8-16(35-5)19-14(15)7-9-17(31-19)25(26,27)28/h6-10,12H,11,29H2,1-5H3,(H,30,34)/t12-/m0/s1. The average Bonchev–Trinajstić information content (AvgIpc) is 3.48. The molecular formula is C25H26F3N5O4. The second-order valence-corrected chi connectivity index (χ2v) is 9.54. The number of alkyl halides is 3. The monoisotopic (exact) mass is 517 g/mol. The number of nitrogens with one attached hydrogen (secondary N) is 1. The van der Waals surface area contributed by atoms with Crippen molar-refractivity contribution in [1.29, 1.82) is 0 Å². The van der Waals surface area contributed by atoms with Crippen LogP contribution in [0.2, 0.25) is 0 Å². The smallest absolute Gasteiger partial charge is 0.433 e. The number of ether oxygens (including phenoxy) is 1. The molecule has 0 aliphatic heterocycles. The summed E-state index contributed by atoms with van der Waals surface area (Å²) in [6.07, 6.45) is -4.64. The van der Waals surface area contributed by atoms with Gasteiger partial charge in [0.25, 0.3) is 5.91 Å². The van der Waals surface area contributed by atoms with Crippen LogP contribution in [-0.4, -0.2) is 28.1 Å². The summed E-state index contributed by atoms with van der Waals surface area (Å²) in [5, 5.41) is 7.00. The third-order valence-electron chi connectivity index (χ3n) is 5.57. The first-order valence-electron chi connectivity index (χ1n) is 11.4. The summed E-state index contributed by atoms with van der Waals surface area (Å²) in [4.78, 5) is 21.1. The van der Waals surface area contributed by atoms with E-state index in [1.54, 1.807) is 19.1 Å². The number of pyridine rings is 1. The van der Waals surface area contributed by atoms with Crippen molar-refractivity contribution in [2.24, 2.45) is 5.73 Å². The Bertz CT molecular complexity index is 1450. The first kappa shape index (κ1) is 26.1. The Morgan fingerprint density at radius 3 is 2.49 bits per heavy atom. The summed E-state index contributed by atoms with van der Waals surface area (Å²) >= 11 is 0. The number of carbonyl (C=O) groups is 1. The minimum atomic E-state index is -4.64. The van der Waals surface area contributed by atoms with Crippen molar-refractivity contribution in [3.63, 3.8) is 0 Å². The number of aromatic nitrogens is 3. The van der Waals surface area contributed by atoms with Crippen molar-refractivity contribution in [3.8, 4) is 17.2 Å². The van der Waals surface area contributed by atoms with E-state index in [1.807, 2.05) is 20.8 Å². The second-order valence-electron chi connectivity index (χ2n) is 9.54. The second kappa shape index (κ2) is 9.51. The number of methoxy groups -OCH3 is 1. The zero-order valence-corrected chi connectivity index (χ0v) is 20.9. The lowest BCUT2D eigenvalue weighted by atomic mass is 9.93. The lowest BCUT2D eigenvalue weighted by Crippen LogP contribution is -2.25. The summed E-state index contributed by atoms with van der Waals surface area (Å²) in [6.45, 7) is 7.63. The van der Waals surface area contributed by atoms with E-state index in [0.717, 1.165) is 6.07 Å². The van der Waals surface area contributed by atoms with E-state index in [1.165, 1.54) is 19.2 Å². The van der Waals surface area contributed by atoms with Crippen LogP contribution in [0.1, 0.15) is 67.1 Å². The Kier molecular flexibility index (Phi) is 6.72. The van der Waals surface area contributed by atoms with Gasteiger partial charge in [-0.3, -0.25) is 4.79 Å². The summed E-state index contributed by atoms with van der Waals surface area (Å²) in [5.41, 5.74) is 5.50. The molecule has 0 aliphatic rings. The average molecular weight is 518 g/mol. The Labute approximate surface area is 210 Å². The molecule has 3 N–H and O–H groups in total. The van der Waals surface area contributed by atoms with Gasteiger partial charge in [0.2, 0.25) is 5.89 Å². The predicted molar refractivity (Wildman–Crippen MR) is 128 cm³/mol. The lowest BCUT2D eigenvalue weighted by Gasteiger charge is -2.12. The molecule has 0 bridgehead atoms. The molecule has 4 aromatic rings. The van der Waals surface area contributed by atoms with Crippen molar-refractivity contribution >= 4 is 16.8 Å². The van der Waals surface area contributed by atoms with Crippen LogP contribution in [0.3, 0.4) is 0 Å². The van der Waals surface area contributed by atoms with Crippen LogP contribution in [0.15, 0.2) is 39.3 Å². The number of benzene rings is 1. The fraction of sp³-hybridized carbons (Fsp3) is 0.360. The normalized spacial score (nSPS) is 13.1. The minimum Gasteiger partial charge on any atom is -0.494 e. The highest BCUT2D eigenvalue weighted by Gasteiger charge is 2.33. The molecule has 196 valence electrons. The molecule has 3 aromatic heterocycles. The maximum Gasteiger partial charge on any atom is 0.433 e. The molecular weight excluding hydrogens is 491 g/mol. The Hall–Kier alpha value is -3.93. The van der Waals surface area contributed by atoms with Gasteiger partial charge in [-0.15, -0.1) is 0 Å². The number of nitrogens with two attached hydrogens (primary N) is 1. The van der Waals surface area contributed by atoms with Crippen LogP contribution in [0.4, 0.5) is 13.2 Å². The Balaban J connectivity index is 1.69. The zero-order valence-electron chi connectivity index (χ0n) is 20.9. The quantitative estimate of drug-likeness (QED) is 0.359. The number of halogens is 3. The van der Waals surface area contributed by atoms with Gasteiger partial charge in [0.15, 0.2) is 11.5 Å². The van der Waals surface area contributed by atoms with E-state index in [0.29, 0.717) is 22.4 Å². The third-order valence-corrected chi connectivity index (χ3v) is 5.57. The summed E-state index contributed by atoms with van der Waals surface area (Å²) in [7, 11) is 1.33. The van der Waals surface area contributed by atoms with Gasteiger partial charge < -0.3 is 24.7 Å². The number of carbonyl (C=O) groups excluding carboxylic acids is 1. The number of oxazole rings is 1. The molecule has 1 amide bonds. The molecule has 0 radical (unpaired) electrons. The summed E-state index contributed by atoms with van der Waals surface area (Å²) in [6, 6.07) is 6.21. The summed E-state index contributed by atoms with van der Waals surface area (Å²) in [5.74, 6) is 0.377. The first-order valence-corrected chi connectivity index (χ1v) is 11.4. The number of nitrogens with zero attached hydrogens (tertiary/aromatic N) is 3. The molecule has 3 heterocycles. The van der Waals surface area contributed by atoms with E-state index in [9.17, 15) is 18.0 Å². The topological polar surface area (TPSA) is 129 Å². The lowest BCUT2D eigenvalue weighted by molar-refractivity contribution is -0.140. The van der Waals surface area contributed by atoms with Gasteiger partial charge in [-0.25, -0.2) is 9.97 Å². The van der Waals surface area contributed by atoms with Gasteiger partial charge in [0.1, 0.15) is 28.4 Å². The van der Waals surface area contributed by atoms with Crippen molar-refractivity contribution < 1.29 is 31.6 Å². The molecule has 1 aromatic carbocycles. The highest BCUT2D eigenvalue weighted by atomic mass is 19.4. The largest absolute Gasteiger partial charge is 0.494 e. The predicted octanol–water partition coefficient (Wildman–Crippen LogP) is 5.15. The van der Waals surface area contributed by atoms with E-state index in [-0.39, 0.29) is 40.6 Å². The molecule has 0 unspecified atom stereocenters. The maximum absolute atomic E-state index is 13.3. The SMILES string of the molecule is COc1ccc(-c2nc(C(=O)NCc3cc(C(C)(C)C)on3)c([C@H](C)N)o2)c2ccc(C(F)(F)F)nc12. The van der Waals surface area contributed by atoms with E-state index < -0.39 is 23.8 Å². The molecule has 0 spiro atoms. The van der Waals surface area contributed by atoms with Crippen LogP contribution in [0.25, 0.3) is 22.4 Å². The van der Waals surface area contributed by atoms with E-state index in [4.69, 9.17) is 19.4 Å². The van der Waals surface area contributed by atoms with Gasteiger partial charge in [-0.2, -0.15) is 13.2 Å². The molecule has 37 heavy (non-hydrogen) atoms. The van der Waals surface area contributed by atoms with Crippen molar-refractivity contribution in [1.82, 2.24) is 20.4 Å². The molecule has 4 rings (SSSR count). The molecule has 9 nitrogen and oxygen atoms in total. The minimum absolute atomic E-state index is 0.00289. The highest BCUT2D eigenvalue weighted by Crippen LogP contribution is 2.37. The Morgan fingerprint density at radius 2 is 1.89 bits per heavy atom. The van der Waals surface area contributed by atoms with Gasteiger partial charge in [0, 0.05) is 22.4 Å². The van der Waals surface area contributed by atoms with Gasteiger partial charge in [-0.1, -0.05) is 25.9 Å². The van der Waals surface area contributed by atoms with Crippen LogP contribution in [0.5, 0.6) is 5.75 Å². The number of hydrogen-bond acceptors (Lipinski definition) is 8. The van der Waals surface area contributed by atoms with Crippen molar-refractivity contribution in [2.45, 2.75) is 51.9 Å². The van der Waals surface area contributed by atoms with Crippen LogP contribution in [0, 0.1) is 0 Å². The van der Waals surface area contributed by atoms with Gasteiger partial charge in [0.05, 0.1) is 19.7 Å². The molecule has 0 saturated carbocycles. The third kappa shape index (κ3) is 5.29. The van der Waals surface area contributed by atoms with Crippen molar-refractivity contribution in [2.75, 3.05) is 7.11 Å². The van der Waals surface area contributed by atoms with E-state index >= 15 is 0 Å². The van der Waals surface area contributed by atoms with Crippen molar-refractivity contribution in [3.05, 3.63) is 58.9 Å².